The molecule has 0 fully saturated rings. The normalized spacial score (nSPS) is 20.2. The summed E-state index contributed by atoms with van der Waals surface area (Å²) in [6.07, 6.45) is 16.1. The van der Waals surface area contributed by atoms with Gasteiger partial charge in [0.25, 0.3) is 0 Å². The summed E-state index contributed by atoms with van der Waals surface area (Å²) in [6, 6.07) is 0. The number of unbranched alkanes of at least 4 members (excludes halogenated alkanes) is 2. The second-order valence-corrected chi connectivity index (χ2v) is 14.1. The Bertz CT molecular complexity index is 547. The molecule has 3 rings (SSSR count). The van der Waals surface area contributed by atoms with Crippen molar-refractivity contribution < 1.29 is 44.0 Å². The third-order valence-corrected chi connectivity index (χ3v) is 11.8. The summed E-state index contributed by atoms with van der Waals surface area (Å²) in [5, 5.41) is 3.67. The Morgan fingerprint density at radius 3 is 1.62 bits per heavy atom. The monoisotopic (exact) mass is 416 g/mol. The van der Waals surface area contributed by atoms with Crippen LogP contribution in [0.1, 0.15) is 65.2 Å². The first-order valence-corrected chi connectivity index (χ1v) is 13.8. The molecule has 4 heteroatoms. The van der Waals surface area contributed by atoms with Crippen LogP contribution in [-0.2, 0) is 19.2 Å². The van der Waals surface area contributed by atoms with Gasteiger partial charge in [-0.1, -0.05) is 0 Å². The van der Waals surface area contributed by atoms with Crippen molar-refractivity contribution in [3.8, 4) is 0 Å². The SMILES string of the molecule is CCCCC1=[C]2CC=C1[Si](C)(C)C1=CC[C](=C1CCCC)[Ti+2]2.[Cl-].[Cl-]. The maximum Gasteiger partial charge on any atom is -1.00 e. The number of hydrogen-bond acceptors (Lipinski definition) is 0. The zero-order valence-corrected chi connectivity index (χ0v) is 19.6. The molecular weight excluding hydrogens is 387 g/mol. The Labute approximate surface area is 171 Å². The van der Waals surface area contributed by atoms with Crippen molar-refractivity contribution in [3.05, 3.63) is 41.4 Å². The minimum Gasteiger partial charge on any atom is -1.00 e. The van der Waals surface area contributed by atoms with Crippen LogP contribution < -0.4 is 24.8 Å². The fraction of sp³-hybridized carbons (Fsp3) is 0.600. The molecule has 0 unspecified atom stereocenters. The summed E-state index contributed by atoms with van der Waals surface area (Å²) >= 11 is -0.0154. The van der Waals surface area contributed by atoms with E-state index in [1.807, 2.05) is 29.3 Å². The molecule has 0 N–H and O–H groups in total. The van der Waals surface area contributed by atoms with Crippen molar-refractivity contribution in [2.45, 2.75) is 78.3 Å². The van der Waals surface area contributed by atoms with Gasteiger partial charge in [-0.25, -0.2) is 0 Å². The van der Waals surface area contributed by atoms with E-state index in [1.54, 1.807) is 0 Å². The number of hydrogen-bond donors (Lipinski definition) is 0. The van der Waals surface area contributed by atoms with E-state index in [0.29, 0.717) is 0 Å². The van der Waals surface area contributed by atoms with Gasteiger partial charge in [-0.2, -0.15) is 0 Å². The maximum absolute atomic E-state index is 2.65. The minimum absolute atomic E-state index is 0. The smallest absolute Gasteiger partial charge is 1.00 e. The third-order valence-electron chi connectivity index (χ3n) is 5.61. The molecule has 132 valence electrons. The Morgan fingerprint density at radius 1 is 0.833 bits per heavy atom. The first-order valence-electron chi connectivity index (χ1n) is 9.22. The standard InChI is InChI=1S/C20H30Si.2ClH.Ti/c1-5-7-11-17-13-9-15-19(17)21(3,4)20-16-10-14-18(20)12-8-6-2;;;/h15-16H,5-12H2,1-4H3;2*1H;/q;;;+2/p-2. The van der Waals surface area contributed by atoms with E-state index in [1.165, 1.54) is 51.4 Å². The van der Waals surface area contributed by atoms with Crippen LogP contribution in [0.15, 0.2) is 41.4 Å². The molecule has 0 spiro atoms. The summed E-state index contributed by atoms with van der Waals surface area (Å²) in [7, 11) is -1.45. The average molecular weight is 417 g/mol. The molecule has 1 heterocycles. The molecular formula is C20H30Cl2SiTi. The van der Waals surface area contributed by atoms with Gasteiger partial charge in [0.05, 0.1) is 0 Å². The quantitative estimate of drug-likeness (QED) is 0.550. The van der Waals surface area contributed by atoms with Gasteiger partial charge in [0.1, 0.15) is 0 Å². The maximum atomic E-state index is 2.65. The number of fused-ring (bicyclic) bond motifs is 2. The predicted molar refractivity (Wildman–Crippen MR) is 96.0 cm³/mol. The van der Waals surface area contributed by atoms with Crippen LogP contribution in [0.5, 0.6) is 0 Å². The fourth-order valence-corrected chi connectivity index (χ4v) is 10.8. The van der Waals surface area contributed by atoms with Gasteiger partial charge in [0, 0.05) is 0 Å². The molecule has 2 aliphatic carbocycles. The third kappa shape index (κ3) is 4.07. The fourth-order valence-electron chi connectivity index (χ4n) is 4.35. The van der Waals surface area contributed by atoms with Gasteiger partial charge < -0.3 is 24.8 Å². The summed E-state index contributed by atoms with van der Waals surface area (Å²) in [4.78, 5) is 0. The molecule has 0 aromatic rings. The first-order chi connectivity index (χ1) is 10.6. The van der Waals surface area contributed by atoms with Crippen LogP contribution in [0, 0.1) is 0 Å². The van der Waals surface area contributed by atoms with E-state index >= 15 is 0 Å². The van der Waals surface area contributed by atoms with Crippen LogP contribution in [0.25, 0.3) is 0 Å². The molecule has 0 amide bonds. The van der Waals surface area contributed by atoms with E-state index in [2.05, 4.69) is 39.1 Å². The molecule has 3 aliphatic rings. The molecule has 4 bridgehead atoms. The average Bonchev–Trinajstić information content (AvgIpc) is 3.09. The van der Waals surface area contributed by atoms with Crippen molar-refractivity contribution >= 4 is 8.07 Å². The Kier molecular flexibility index (Phi) is 8.84. The molecule has 0 saturated carbocycles. The van der Waals surface area contributed by atoms with E-state index in [9.17, 15) is 0 Å². The van der Waals surface area contributed by atoms with Crippen molar-refractivity contribution in [2.75, 3.05) is 0 Å². The predicted octanol–water partition coefficient (Wildman–Crippen LogP) is 0.426. The summed E-state index contributed by atoms with van der Waals surface area (Å²) in [5.74, 6) is 0. The van der Waals surface area contributed by atoms with E-state index in [0.717, 1.165) is 0 Å². The van der Waals surface area contributed by atoms with Gasteiger partial charge in [0.15, 0.2) is 0 Å². The molecule has 0 aromatic carbocycles. The molecule has 0 saturated heterocycles. The molecule has 0 aromatic heterocycles. The molecule has 0 atom stereocenters. The zero-order chi connectivity index (χ0) is 15.7. The van der Waals surface area contributed by atoms with Crippen LogP contribution in [0.4, 0.5) is 0 Å². The number of halogens is 2. The van der Waals surface area contributed by atoms with E-state index < -0.39 is 8.07 Å². The summed E-state index contributed by atoms with van der Waals surface area (Å²) in [5.41, 5.74) is 3.69. The van der Waals surface area contributed by atoms with Crippen molar-refractivity contribution in [2.24, 2.45) is 0 Å². The Hall–Kier alpha value is 0.471. The number of allylic oxidation sites excluding steroid dienone is 8. The molecule has 0 radical (unpaired) electrons. The second kappa shape index (κ2) is 9.42. The second-order valence-electron chi connectivity index (χ2n) is 7.52. The Morgan fingerprint density at radius 2 is 1.25 bits per heavy atom. The minimum atomic E-state index is -1.45. The van der Waals surface area contributed by atoms with Crippen LogP contribution in [-0.4, -0.2) is 8.07 Å². The van der Waals surface area contributed by atoms with Crippen molar-refractivity contribution in [1.29, 1.82) is 0 Å². The van der Waals surface area contributed by atoms with Crippen LogP contribution >= 0.6 is 0 Å². The Balaban J connectivity index is 0.00000144. The zero-order valence-electron chi connectivity index (χ0n) is 15.6. The van der Waals surface area contributed by atoms with Gasteiger partial charge in [0.2, 0.25) is 0 Å². The topological polar surface area (TPSA) is 0 Å². The van der Waals surface area contributed by atoms with Crippen molar-refractivity contribution in [3.63, 3.8) is 0 Å². The molecule has 1 aliphatic heterocycles. The van der Waals surface area contributed by atoms with Crippen LogP contribution in [0.3, 0.4) is 0 Å². The first kappa shape index (κ1) is 22.5. The van der Waals surface area contributed by atoms with E-state index in [-0.39, 0.29) is 44.0 Å². The van der Waals surface area contributed by atoms with Gasteiger partial charge in [-0.3, -0.25) is 0 Å². The largest absolute Gasteiger partial charge is 1.00 e. The van der Waals surface area contributed by atoms with Gasteiger partial charge in [-0.05, 0) is 0 Å². The molecule has 24 heavy (non-hydrogen) atoms. The van der Waals surface area contributed by atoms with Gasteiger partial charge >= 0.3 is 147 Å². The molecule has 0 nitrogen and oxygen atoms in total. The van der Waals surface area contributed by atoms with Crippen molar-refractivity contribution in [1.82, 2.24) is 0 Å². The summed E-state index contributed by atoms with van der Waals surface area (Å²) < 4.78 is 3.81. The summed E-state index contributed by atoms with van der Waals surface area (Å²) in [6.45, 7) is 9.92. The van der Waals surface area contributed by atoms with Crippen LogP contribution in [0.2, 0.25) is 13.1 Å². The van der Waals surface area contributed by atoms with Gasteiger partial charge in [-0.15, -0.1) is 0 Å². The number of rotatable bonds is 6. The van der Waals surface area contributed by atoms with E-state index in [4.69, 9.17) is 0 Å².